The number of unbranched alkanes of at least 4 members (excludes halogenated alkanes) is 3. The highest BCUT2D eigenvalue weighted by Crippen LogP contribution is 2.06. The molecule has 3 amide bonds. The van der Waals surface area contributed by atoms with Crippen LogP contribution in [0.5, 0.6) is 0 Å². The van der Waals surface area contributed by atoms with Crippen LogP contribution in [0, 0.1) is 0 Å². The van der Waals surface area contributed by atoms with Crippen LogP contribution in [0.25, 0.3) is 0 Å². The first-order valence-corrected chi connectivity index (χ1v) is 5.94. The van der Waals surface area contributed by atoms with Crippen molar-refractivity contribution in [3.05, 3.63) is 0 Å². The lowest BCUT2D eigenvalue weighted by atomic mass is 10.1. The van der Waals surface area contributed by atoms with Crippen molar-refractivity contribution < 1.29 is 14.4 Å². The molecule has 1 saturated heterocycles. The summed E-state index contributed by atoms with van der Waals surface area (Å²) < 4.78 is 0. The van der Waals surface area contributed by atoms with Crippen molar-refractivity contribution in [1.82, 2.24) is 10.2 Å². The Labute approximate surface area is 101 Å². The normalized spacial score (nSPS) is 15.9. The number of nitrogens with zero attached hydrogens (tertiary/aromatic N) is 1. The zero-order valence-corrected chi connectivity index (χ0v) is 9.91. The smallest absolute Gasteiger partial charge is 0.246 e. The topological polar surface area (TPSA) is 92.5 Å². The molecule has 0 radical (unpaired) electrons. The molecule has 6 heteroatoms. The molecule has 6 nitrogen and oxygen atoms in total. The Morgan fingerprint density at radius 3 is 2.29 bits per heavy atom. The van der Waals surface area contributed by atoms with Gasteiger partial charge in [-0.05, 0) is 19.4 Å². The molecule has 1 heterocycles. The summed E-state index contributed by atoms with van der Waals surface area (Å²) in [5.41, 5.74) is 5.36. The Morgan fingerprint density at radius 1 is 1.12 bits per heavy atom. The summed E-state index contributed by atoms with van der Waals surface area (Å²) in [6.07, 6.45) is 4.12. The number of piperazine rings is 1. The van der Waals surface area contributed by atoms with Gasteiger partial charge in [0.15, 0.2) is 0 Å². The van der Waals surface area contributed by atoms with Crippen LogP contribution < -0.4 is 11.1 Å². The Balaban J connectivity index is 2.22. The van der Waals surface area contributed by atoms with Gasteiger partial charge in [0.05, 0.1) is 0 Å². The maximum absolute atomic E-state index is 11.7. The number of hydrogen-bond donors (Lipinski definition) is 2. The number of hydrogen-bond acceptors (Lipinski definition) is 4. The van der Waals surface area contributed by atoms with E-state index in [1.807, 2.05) is 0 Å². The molecular weight excluding hydrogens is 222 g/mol. The van der Waals surface area contributed by atoms with Gasteiger partial charge in [0.1, 0.15) is 13.1 Å². The van der Waals surface area contributed by atoms with E-state index in [0.29, 0.717) is 13.0 Å². The van der Waals surface area contributed by atoms with Gasteiger partial charge in [0.25, 0.3) is 0 Å². The number of carbonyl (C=O) groups is 3. The molecule has 0 saturated carbocycles. The molecule has 0 spiro atoms. The van der Waals surface area contributed by atoms with Crippen LogP contribution in [0.2, 0.25) is 0 Å². The minimum atomic E-state index is -0.405. The maximum Gasteiger partial charge on any atom is 0.246 e. The lowest BCUT2D eigenvalue weighted by molar-refractivity contribution is -0.145. The number of rotatable bonds is 6. The molecule has 96 valence electrons. The maximum atomic E-state index is 11.7. The first-order valence-electron chi connectivity index (χ1n) is 5.94. The van der Waals surface area contributed by atoms with E-state index in [1.165, 1.54) is 4.90 Å². The summed E-state index contributed by atoms with van der Waals surface area (Å²) in [6, 6.07) is 0. The molecule has 0 atom stereocenters. The van der Waals surface area contributed by atoms with Gasteiger partial charge in [0, 0.05) is 6.42 Å². The fraction of sp³-hybridized carbons (Fsp3) is 0.727. The van der Waals surface area contributed by atoms with E-state index < -0.39 is 11.8 Å². The zero-order valence-electron chi connectivity index (χ0n) is 9.91. The molecule has 1 fully saturated rings. The van der Waals surface area contributed by atoms with Crippen LogP contribution in [-0.2, 0) is 14.4 Å². The van der Waals surface area contributed by atoms with E-state index in [-0.39, 0.29) is 19.0 Å². The highest BCUT2D eigenvalue weighted by Gasteiger charge is 2.25. The van der Waals surface area contributed by atoms with Crippen molar-refractivity contribution >= 4 is 17.7 Å². The second-order valence-corrected chi connectivity index (χ2v) is 4.17. The molecule has 0 unspecified atom stereocenters. The summed E-state index contributed by atoms with van der Waals surface area (Å²) in [7, 11) is 0. The quantitative estimate of drug-likeness (QED) is 0.479. The molecule has 0 aromatic heterocycles. The Hall–Kier alpha value is -1.43. The first-order chi connectivity index (χ1) is 8.13. The fourth-order valence-corrected chi connectivity index (χ4v) is 1.75. The average Bonchev–Trinajstić information content (AvgIpc) is 2.27. The molecule has 0 aromatic rings. The van der Waals surface area contributed by atoms with Gasteiger partial charge in [-0.15, -0.1) is 0 Å². The summed E-state index contributed by atoms with van der Waals surface area (Å²) in [4.78, 5) is 35.1. The van der Waals surface area contributed by atoms with Crippen molar-refractivity contribution in [1.29, 1.82) is 0 Å². The fourth-order valence-electron chi connectivity index (χ4n) is 1.75. The molecule has 0 bridgehead atoms. The molecule has 3 N–H and O–H groups in total. The standard InChI is InChI=1S/C11H19N3O3/c12-6-4-2-1-3-5-11(17)14-7-9(15)13-10(16)8-14/h1-8,12H2,(H,13,15,16). The van der Waals surface area contributed by atoms with Gasteiger partial charge < -0.3 is 10.6 Å². The lowest BCUT2D eigenvalue weighted by Gasteiger charge is -2.25. The predicted molar refractivity (Wildman–Crippen MR) is 61.9 cm³/mol. The van der Waals surface area contributed by atoms with Crippen LogP contribution in [0.4, 0.5) is 0 Å². The van der Waals surface area contributed by atoms with Gasteiger partial charge in [-0.2, -0.15) is 0 Å². The number of carbonyl (C=O) groups excluding carboxylic acids is 3. The summed E-state index contributed by atoms with van der Waals surface area (Å²) in [5.74, 6) is -0.934. The summed E-state index contributed by atoms with van der Waals surface area (Å²) >= 11 is 0. The minimum Gasteiger partial charge on any atom is -0.330 e. The molecule has 1 aliphatic heterocycles. The second kappa shape index (κ2) is 7.01. The van der Waals surface area contributed by atoms with Crippen molar-refractivity contribution in [3.63, 3.8) is 0 Å². The number of imide groups is 1. The SMILES string of the molecule is NCCCCCCC(=O)N1CC(=O)NC(=O)C1. The van der Waals surface area contributed by atoms with E-state index in [2.05, 4.69) is 5.32 Å². The summed E-state index contributed by atoms with van der Waals surface area (Å²) in [5, 5.41) is 2.16. The third-order valence-corrected chi connectivity index (χ3v) is 2.65. The van der Waals surface area contributed by atoms with Gasteiger partial charge in [-0.25, -0.2) is 0 Å². The monoisotopic (exact) mass is 241 g/mol. The predicted octanol–water partition coefficient (Wildman–Crippen LogP) is -0.619. The van der Waals surface area contributed by atoms with Crippen LogP contribution >= 0.6 is 0 Å². The third kappa shape index (κ3) is 4.95. The number of nitrogens with two attached hydrogens (primary N) is 1. The van der Waals surface area contributed by atoms with Crippen LogP contribution in [0.1, 0.15) is 32.1 Å². The second-order valence-electron chi connectivity index (χ2n) is 4.17. The van der Waals surface area contributed by atoms with Crippen LogP contribution in [0.15, 0.2) is 0 Å². The highest BCUT2D eigenvalue weighted by molar-refractivity contribution is 6.02. The molecule has 1 rings (SSSR count). The van der Waals surface area contributed by atoms with E-state index in [4.69, 9.17) is 5.73 Å². The highest BCUT2D eigenvalue weighted by atomic mass is 16.2. The number of nitrogens with one attached hydrogen (secondary N) is 1. The van der Waals surface area contributed by atoms with Gasteiger partial charge in [-0.3, -0.25) is 19.7 Å². The van der Waals surface area contributed by atoms with Crippen LogP contribution in [-0.4, -0.2) is 42.3 Å². The molecule has 0 aliphatic carbocycles. The van der Waals surface area contributed by atoms with Gasteiger partial charge in [-0.1, -0.05) is 12.8 Å². The minimum absolute atomic E-state index is 0.00657. The molecule has 1 aliphatic rings. The average molecular weight is 241 g/mol. The van der Waals surface area contributed by atoms with Gasteiger partial charge >= 0.3 is 0 Å². The molecular formula is C11H19N3O3. The van der Waals surface area contributed by atoms with Crippen molar-refractivity contribution in [3.8, 4) is 0 Å². The largest absolute Gasteiger partial charge is 0.330 e. The Bertz CT molecular complexity index is 288. The van der Waals surface area contributed by atoms with E-state index in [0.717, 1.165) is 25.7 Å². The zero-order chi connectivity index (χ0) is 12.7. The first kappa shape index (κ1) is 13.6. The van der Waals surface area contributed by atoms with Gasteiger partial charge in [0.2, 0.25) is 17.7 Å². The molecule has 0 aromatic carbocycles. The van der Waals surface area contributed by atoms with E-state index >= 15 is 0 Å². The number of amides is 3. The van der Waals surface area contributed by atoms with Crippen molar-refractivity contribution in [2.75, 3.05) is 19.6 Å². The Kier molecular flexibility index (Phi) is 5.62. The van der Waals surface area contributed by atoms with Crippen molar-refractivity contribution in [2.45, 2.75) is 32.1 Å². The molecule has 17 heavy (non-hydrogen) atoms. The lowest BCUT2D eigenvalue weighted by Crippen LogP contribution is -2.53. The summed E-state index contributed by atoms with van der Waals surface area (Å²) in [6.45, 7) is 0.662. The third-order valence-electron chi connectivity index (χ3n) is 2.65. The Morgan fingerprint density at radius 2 is 1.71 bits per heavy atom. The van der Waals surface area contributed by atoms with Crippen molar-refractivity contribution in [2.24, 2.45) is 5.73 Å². The van der Waals surface area contributed by atoms with Crippen LogP contribution in [0.3, 0.4) is 0 Å². The van der Waals surface area contributed by atoms with E-state index in [9.17, 15) is 14.4 Å². The van der Waals surface area contributed by atoms with E-state index in [1.54, 1.807) is 0 Å².